The Kier molecular flexibility index (Phi) is 4.51. The molecule has 0 unspecified atom stereocenters. The Labute approximate surface area is 139 Å². The van der Waals surface area contributed by atoms with Crippen LogP contribution >= 0.6 is 11.3 Å². The van der Waals surface area contributed by atoms with E-state index in [0.29, 0.717) is 23.1 Å². The molecule has 1 aliphatic heterocycles. The number of nitrogens with zero attached hydrogens (tertiary/aromatic N) is 3. The van der Waals surface area contributed by atoms with Crippen LogP contribution in [0.4, 0.5) is 5.82 Å². The summed E-state index contributed by atoms with van der Waals surface area (Å²) in [5.74, 6) is 0.273. The van der Waals surface area contributed by atoms with Gasteiger partial charge in [0.2, 0.25) is 5.91 Å². The largest absolute Gasteiger partial charge is 0.309 e. The first-order valence-electron chi connectivity index (χ1n) is 7.33. The van der Waals surface area contributed by atoms with E-state index in [1.54, 1.807) is 36.1 Å². The molecule has 1 amide bonds. The number of hydrogen-bond donors (Lipinski definition) is 1. The molecular weight excluding hydrogens is 336 g/mol. The summed E-state index contributed by atoms with van der Waals surface area (Å²) in [4.78, 5) is 12.7. The molecule has 0 spiro atoms. The topological polar surface area (TPSA) is 84.3 Å². The maximum atomic E-state index is 12.5. The molecule has 0 saturated carbocycles. The Morgan fingerprint density at radius 3 is 2.70 bits per heavy atom. The maximum absolute atomic E-state index is 12.5. The number of hydrogen-bond acceptors (Lipinski definition) is 5. The van der Waals surface area contributed by atoms with Crippen LogP contribution < -0.4 is 5.32 Å². The summed E-state index contributed by atoms with van der Waals surface area (Å²) < 4.78 is 28.3. The van der Waals surface area contributed by atoms with Crippen LogP contribution in [0.15, 0.2) is 28.6 Å². The molecule has 3 heterocycles. The third-order valence-corrected chi connectivity index (χ3v) is 7.06. The molecule has 1 fully saturated rings. The molecule has 124 valence electrons. The molecule has 0 bridgehead atoms. The summed E-state index contributed by atoms with van der Waals surface area (Å²) >= 11 is 1.15. The van der Waals surface area contributed by atoms with Crippen LogP contribution in [0.2, 0.25) is 0 Å². The first-order chi connectivity index (χ1) is 10.9. The standard InChI is InChI=1S/C14H18N4O3S2/c1-17-9-6-12(16-17)15-13(19)10-11-4-5-14(22-11)23(20,21)18-7-2-3-8-18/h4-6,9H,2-3,7-8,10H2,1H3,(H,15,16,19). The smallest absolute Gasteiger partial charge is 0.252 e. The van der Waals surface area contributed by atoms with Gasteiger partial charge in [0.1, 0.15) is 4.21 Å². The molecule has 0 aliphatic carbocycles. The van der Waals surface area contributed by atoms with Gasteiger partial charge in [0.05, 0.1) is 6.42 Å². The average Bonchev–Trinajstić information content (AvgIpc) is 3.20. The fourth-order valence-electron chi connectivity index (χ4n) is 2.47. The lowest BCUT2D eigenvalue weighted by Gasteiger charge is -2.13. The summed E-state index contributed by atoms with van der Waals surface area (Å²) in [6.45, 7) is 1.16. The predicted octanol–water partition coefficient (Wildman–Crippen LogP) is 1.45. The van der Waals surface area contributed by atoms with Gasteiger partial charge in [-0.15, -0.1) is 11.3 Å². The number of aryl methyl sites for hydroxylation is 1. The van der Waals surface area contributed by atoms with Gasteiger partial charge in [-0.3, -0.25) is 9.48 Å². The van der Waals surface area contributed by atoms with Crippen molar-refractivity contribution < 1.29 is 13.2 Å². The Hall–Kier alpha value is -1.71. The van der Waals surface area contributed by atoms with Crippen molar-refractivity contribution in [2.75, 3.05) is 18.4 Å². The van der Waals surface area contributed by atoms with Crippen LogP contribution in [0.3, 0.4) is 0 Å². The zero-order chi connectivity index (χ0) is 16.4. The zero-order valence-electron chi connectivity index (χ0n) is 12.7. The second kappa shape index (κ2) is 6.42. The van der Waals surface area contributed by atoms with E-state index in [1.807, 2.05) is 0 Å². The van der Waals surface area contributed by atoms with Crippen LogP contribution in [0.1, 0.15) is 17.7 Å². The summed E-state index contributed by atoms with van der Waals surface area (Å²) in [6.07, 6.45) is 3.69. The molecule has 2 aromatic heterocycles. The Bertz CT molecular complexity index is 804. The van der Waals surface area contributed by atoms with Crippen LogP contribution in [0, 0.1) is 0 Å². The van der Waals surface area contributed by atoms with Gasteiger partial charge in [0.15, 0.2) is 5.82 Å². The molecule has 9 heteroatoms. The van der Waals surface area contributed by atoms with E-state index < -0.39 is 10.0 Å². The van der Waals surface area contributed by atoms with E-state index in [9.17, 15) is 13.2 Å². The molecule has 1 aliphatic rings. The fourth-order valence-corrected chi connectivity index (χ4v) is 5.50. The highest BCUT2D eigenvalue weighted by Crippen LogP contribution is 2.27. The van der Waals surface area contributed by atoms with Crippen LogP contribution in [0.25, 0.3) is 0 Å². The number of rotatable bonds is 5. The molecule has 23 heavy (non-hydrogen) atoms. The van der Waals surface area contributed by atoms with E-state index in [0.717, 1.165) is 29.1 Å². The summed E-state index contributed by atoms with van der Waals surface area (Å²) in [5.41, 5.74) is 0. The van der Waals surface area contributed by atoms with Gasteiger partial charge >= 0.3 is 0 Å². The molecule has 7 nitrogen and oxygen atoms in total. The summed E-state index contributed by atoms with van der Waals surface area (Å²) in [6, 6.07) is 4.99. The molecule has 0 aromatic carbocycles. The summed E-state index contributed by atoms with van der Waals surface area (Å²) in [7, 11) is -1.64. The minimum Gasteiger partial charge on any atom is -0.309 e. The van der Waals surface area contributed by atoms with Crippen molar-refractivity contribution in [3.63, 3.8) is 0 Å². The quantitative estimate of drug-likeness (QED) is 0.881. The number of carbonyl (C=O) groups excluding carboxylic acids is 1. The third-order valence-electron chi connectivity index (χ3n) is 3.61. The lowest BCUT2D eigenvalue weighted by atomic mass is 10.3. The van der Waals surface area contributed by atoms with Gasteiger partial charge in [-0.25, -0.2) is 8.42 Å². The number of nitrogens with one attached hydrogen (secondary N) is 1. The zero-order valence-corrected chi connectivity index (χ0v) is 14.4. The normalized spacial score (nSPS) is 15.9. The fraction of sp³-hybridized carbons (Fsp3) is 0.429. The van der Waals surface area contributed by atoms with Crippen molar-refractivity contribution in [3.05, 3.63) is 29.3 Å². The van der Waals surface area contributed by atoms with E-state index in [-0.39, 0.29) is 12.3 Å². The predicted molar refractivity (Wildman–Crippen MR) is 87.9 cm³/mol. The van der Waals surface area contributed by atoms with E-state index >= 15 is 0 Å². The van der Waals surface area contributed by atoms with E-state index in [1.165, 1.54) is 4.31 Å². The van der Waals surface area contributed by atoms with Crippen molar-refractivity contribution in [2.24, 2.45) is 7.05 Å². The lowest BCUT2D eigenvalue weighted by molar-refractivity contribution is -0.115. The first kappa shape index (κ1) is 16.2. The lowest BCUT2D eigenvalue weighted by Crippen LogP contribution is -2.27. The Morgan fingerprint density at radius 1 is 1.30 bits per heavy atom. The van der Waals surface area contributed by atoms with Crippen LogP contribution in [-0.2, 0) is 28.3 Å². The van der Waals surface area contributed by atoms with Crippen molar-refractivity contribution in [2.45, 2.75) is 23.5 Å². The van der Waals surface area contributed by atoms with Gasteiger partial charge in [0, 0.05) is 37.3 Å². The van der Waals surface area contributed by atoms with E-state index in [2.05, 4.69) is 10.4 Å². The summed E-state index contributed by atoms with van der Waals surface area (Å²) in [5, 5.41) is 6.76. The highest BCUT2D eigenvalue weighted by atomic mass is 32.2. The van der Waals surface area contributed by atoms with Gasteiger partial charge in [0.25, 0.3) is 10.0 Å². The maximum Gasteiger partial charge on any atom is 0.252 e. The van der Waals surface area contributed by atoms with Gasteiger partial charge in [-0.1, -0.05) is 0 Å². The molecule has 0 atom stereocenters. The van der Waals surface area contributed by atoms with Crippen molar-refractivity contribution in [1.82, 2.24) is 14.1 Å². The van der Waals surface area contributed by atoms with Gasteiger partial charge < -0.3 is 5.32 Å². The molecule has 1 N–H and O–H groups in total. The second-order valence-corrected chi connectivity index (χ2v) is 8.76. The number of anilines is 1. The van der Waals surface area contributed by atoms with Crippen LogP contribution in [0.5, 0.6) is 0 Å². The second-order valence-electron chi connectivity index (χ2n) is 5.43. The highest BCUT2D eigenvalue weighted by Gasteiger charge is 2.28. The van der Waals surface area contributed by atoms with Gasteiger partial charge in [-0.2, -0.15) is 9.40 Å². The number of thiophene rings is 1. The monoisotopic (exact) mass is 354 g/mol. The Balaban J connectivity index is 1.66. The number of sulfonamides is 1. The van der Waals surface area contributed by atoms with Crippen molar-refractivity contribution >= 4 is 33.1 Å². The minimum atomic E-state index is -3.40. The number of carbonyl (C=O) groups is 1. The average molecular weight is 354 g/mol. The van der Waals surface area contributed by atoms with Crippen molar-refractivity contribution in [3.8, 4) is 0 Å². The number of aromatic nitrogens is 2. The molecule has 2 aromatic rings. The molecule has 0 radical (unpaired) electrons. The number of amides is 1. The first-order valence-corrected chi connectivity index (χ1v) is 9.59. The minimum absolute atomic E-state index is 0.136. The molecular formula is C14H18N4O3S2. The van der Waals surface area contributed by atoms with E-state index in [4.69, 9.17) is 0 Å². The Morgan fingerprint density at radius 2 is 2.04 bits per heavy atom. The van der Waals surface area contributed by atoms with Crippen molar-refractivity contribution in [1.29, 1.82) is 0 Å². The molecule has 1 saturated heterocycles. The SMILES string of the molecule is Cn1ccc(NC(=O)Cc2ccc(S(=O)(=O)N3CCCC3)s2)n1. The van der Waals surface area contributed by atoms with Gasteiger partial charge in [-0.05, 0) is 25.0 Å². The molecule has 3 rings (SSSR count). The van der Waals surface area contributed by atoms with Crippen LogP contribution in [-0.4, -0.2) is 41.5 Å². The third kappa shape index (κ3) is 3.62. The highest BCUT2D eigenvalue weighted by molar-refractivity contribution is 7.91.